The van der Waals surface area contributed by atoms with Crippen LogP contribution in [0.15, 0.2) is 23.1 Å². The summed E-state index contributed by atoms with van der Waals surface area (Å²) in [5.74, 6) is 0.484. The molecule has 0 aliphatic heterocycles. The van der Waals surface area contributed by atoms with Gasteiger partial charge in [-0.15, -0.1) is 0 Å². The highest BCUT2D eigenvalue weighted by molar-refractivity contribution is 7.89. The third kappa shape index (κ3) is 3.81. The van der Waals surface area contributed by atoms with Gasteiger partial charge in [0.15, 0.2) is 0 Å². The molecule has 0 aromatic heterocycles. The van der Waals surface area contributed by atoms with Gasteiger partial charge in [0.1, 0.15) is 0 Å². The fourth-order valence-electron chi connectivity index (χ4n) is 2.74. The van der Waals surface area contributed by atoms with Crippen LogP contribution in [-0.2, 0) is 16.6 Å². The number of nitrogens with one attached hydrogen (secondary N) is 1. The van der Waals surface area contributed by atoms with Crippen LogP contribution in [0, 0.1) is 12.8 Å². The second-order valence-electron chi connectivity index (χ2n) is 5.65. The molecule has 0 saturated heterocycles. The first-order chi connectivity index (χ1) is 9.53. The Hall–Kier alpha value is -0.910. The van der Waals surface area contributed by atoms with Crippen LogP contribution in [-0.4, -0.2) is 15.0 Å². The highest BCUT2D eigenvalue weighted by Gasteiger charge is 2.19. The van der Waals surface area contributed by atoms with Gasteiger partial charge in [-0.05, 0) is 48.9 Å². The molecule has 1 aromatic rings. The summed E-state index contributed by atoms with van der Waals surface area (Å²) in [6, 6.07) is 5.15. The quantitative estimate of drug-likeness (QED) is 0.876. The van der Waals surface area contributed by atoms with Crippen LogP contribution in [0.3, 0.4) is 0 Å². The molecule has 0 unspecified atom stereocenters. The zero-order valence-electron chi connectivity index (χ0n) is 12.1. The predicted molar refractivity (Wildman–Crippen MR) is 80.8 cm³/mol. The fourth-order valence-corrected chi connectivity index (χ4v) is 3.90. The van der Waals surface area contributed by atoms with E-state index in [-0.39, 0.29) is 0 Å². The first-order valence-corrected chi connectivity index (χ1v) is 8.80. The molecule has 2 rings (SSSR count). The number of hydrogen-bond acceptors (Lipinski definition) is 3. The molecule has 5 heteroatoms. The van der Waals surface area contributed by atoms with Gasteiger partial charge in [0.05, 0.1) is 4.90 Å². The summed E-state index contributed by atoms with van der Waals surface area (Å²) in [4.78, 5) is 0.319. The molecule has 0 heterocycles. The molecule has 0 bridgehead atoms. The molecule has 1 aliphatic rings. The normalized spacial score (nSPS) is 17.3. The zero-order valence-corrected chi connectivity index (χ0v) is 12.9. The summed E-state index contributed by atoms with van der Waals surface area (Å²) >= 11 is 0. The van der Waals surface area contributed by atoms with E-state index < -0.39 is 10.0 Å². The van der Waals surface area contributed by atoms with Gasteiger partial charge >= 0.3 is 0 Å². The summed E-state index contributed by atoms with van der Waals surface area (Å²) in [6.07, 6.45) is 5.97. The molecule has 1 saturated carbocycles. The molecule has 3 N–H and O–H groups in total. The Kier molecular flexibility index (Phi) is 5.18. The number of nitrogens with two attached hydrogens (primary N) is 1. The van der Waals surface area contributed by atoms with E-state index in [0.717, 1.165) is 24.0 Å². The van der Waals surface area contributed by atoms with Crippen molar-refractivity contribution in [3.05, 3.63) is 29.3 Å². The summed E-state index contributed by atoms with van der Waals surface area (Å²) in [5, 5.41) is 0. The fraction of sp³-hybridized carbons (Fsp3) is 0.600. The van der Waals surface area contributed by atoms with Crippen molar-refractivity contribution in [1.82, 2.24) is 4.72 Å². The molecular weight excluding hydrogens is 272 g/mol. The number of sulfonamides is 1. The van der Waals surface area contributed by atoms with Crippen LogP contribution in [0.4, 0.5) is 0 Å². The van der Waals surface area contributed by atoms with Gasteiger partial charge in [-0.2, -0.15) is 0 Å². The Morgan fingerprint density at radius 2 is 1.95 bits per heavy atom. The van der Waals surface area contributed by atoms with Crippen molar-refractivity contribution in [3.63, 3.8) is 0 Å². The standard InChI is InChI=1S/C15H24N2O2S/c1-12-7-8-15(9-14(12)10-16)20(18,19)17-11-13-5-3-2-4-6-13/h7-9,13,17H,2-6,10-11,16H2,1H3. The van der Waals surface area contributed by atoms with Crippen molar-refractivity contribution in [2.75, 3.05) is 6.54 Å². The Balaban J connectivity index is 2.05. The van der Waals surface area contributed by atoms with Gasteiger partial charge in [0, 0.05) is 13.1 Å². The monoisotopic (exact) mass is 296 g/mol. The summed E-state index contributed by atoms with van der Waals surface area (Å²) < 4.78 is 27.4. The molecule has 1 fully saturated rings. The predicted octanol–water partition coefficient (Wildman–Crippen LogP) is 2.31. The van der Waals surface area contributed by atoms with Gasteiger partial charge in [-0.3, -0.25) is 0 Å². The highest BCUT2D eigenvalue weighted by atomic mass is 32.2. The number of hydrogen-bond donors (Lipinski definition) is 2. The van der Waals surface area contributed by atoms with E-state index in [1.54, 1.807) is 12.1 Å². The van der Waals surface area contributed by atoms with Crippen molar-refractivity contribution in [2.45, 2.75) is 50.5 Å². The van der Waals surface area contributed by atoms with Crippen LogP contribution >= 0.6 is 0 Å². The van der Waals surface area contributed by atoms with Crippen molar-refractivity contribution >= 4 is 10.0 Å². The lowest BCUT2D eigenvalue weighted by atomic mass is 9.90. The molecule has 20 heavy (non-hydrogen) atoms. The second kappa shape index (κ2) is 6.70. The lowest BCUT2D eigenvalue weighted by Gasteiger charge is -2.21. The Morgan fingerprint density at radius 1 is 1.25 bits per heavy atom. The Bertz CT molecular complexity index is 549. The number of aryl methyl sites for hydroxylation is 1. The van der Waals surface area contributed by atoms with Crippen LogP contribution in [0.25, 0.3) is 0 Å². The van der Waals surface area contributed by atoms with E-state index in [0.29, 0.717) is 23.9 Å². The molecule has 0 spiro atoms. The molecule has 112 valence electrons. The highest BCUT2D eigenvalue weighted by Crippen LogP contribution is 2.23. The van der Waals surface area contributed by atoms with Gasteiger partial charge in [-0.1, -0.05) is 25.3 Å². The van der Waals surface area contributed by atoms with Crippen molar-refractivity contribution in [1.29, 1.82) is 0 Å². The lowest BCUT2D eigenvalue weighted by Crippen LogP contribution is -2.30. The molecular formula is C15H24N2O2S. The van der Waals surface area contributed by atoms with Gasteiger partial charge in [0.2, 0.25) is 10.0 Å². The van der Waals surface area contributed by atoms with Gasteiger partial charge in [-0.25, -0.2) is 13.1 Å². The molecule has 0 atom stereocenters. The minimum Gasteiger partial charge on any atom is -0.326 e. The number of rotatable bonds is 5. The van der Waals surface area contributed by atoms with Crippen LogP contribution in [0.2, 0.25) is 0 Å². The summed E-state index contributed by atoms with van der Waals surface area (Å²) in [6.45, 7) is 2.85. The van der Waals surface area contributed by atoms with Crippen molar-refractivity contribution in [2.24, 2.45) is 11.7 Å². The molecule has 4 nitrogen and oxygen atoms in total. The third-order valence-corrected chi connectivity index (χ3v) is 5.56. The summed E-state index contributed by atoms with van der Waals surface area (Å²) in [5.41, 5.74) is 7.55. The Morgan fingerprint density at radius 3 is 2.60 bits per heavy atom. The maximum atomic E-state index is 12.3. The van der Waals surface area contributed by atoms with Gasteiger partial charge < -0.3 is 5.73 Å². The zero-order chi connectivity index (χ0) is 14.6. The average Bonchev–Trinajstić information content (AvgIpc) is 2.46. The molecule has 1 aromatic carbocycles. The third-order valence-electron chi connectivity index (χ3n) is 4.14. The second-order valence-corrected chi connectivity index (χ2v) is 7.42. The van der Waals surface area contributed by atoms with Gasteiger partial charge in [0.25, 0.3) is 0 Å². The van der Waals surface area contributed by atoms with E-state index in [1.807, 2.05) is 13.0 Å². The largest absolute Gasteiger partial charge is 0.326 e. The molecule has 1 aliphatic carbocycles. The van der Waals surface area contributed by atoms with Crippen molar-refractivity contribution in [3.8, 4) is 0 Å². The topological polar surface area (TPSA) is 72.2 Å². The average molecular weight is 296 g/mol. The minimum atomic E-state index is -3.41. The van der Waals surface area contributed by atoms with E-state index in [1.165, 1.54) is 19.3 Å². The van der Waals surface area contributed by atoms with Crippen LogP contribution < -0.4 is 10.5 Å². The molecule has 0 radical (unpaired) electrons. The molecule has 0 amide bonds. The smallest absolute Gasteiger partial charge is 0.240 e. The van der Waals surface area contributed by atoms with E-state index in [9.17, 15) is 8.42 Å². The first kappa shape index (κ1) is 15.5. The SMILES string of the molecule is Cc1ccc(S(=O)(=O)NCC2CCCCC2)cc1CN. The summed E-state index contributed by atoms with van der Waals surface area (Å²) in [7, 11) is -3.41. The van der Waals surface area contributed by atoms with E-state index >= 15 is 0 Å². The van der Waals surface area contributed by atoms with E-state index in [2.05, 4.69) is 4.72 Å². The maximum Gasteiger partial charge on any atom is 0.240 e. The maximum absolute atomic E-state index is 12.3. The van der Waals surface area contributed by atoms with E-state index in [4.69, 9.17) is 5.73 Å². The van der Waals surface area contributed by atoms with Crippen LogP contribution in [0.1, 0.15) is 43.2 Å². The number of benzene rings is 1. The van der Waals surface area contributed by atoms with Crippen molar-refractivity contribution < 1.29 is 8.42 Å². The Labute approximate surface area is 121 Å². The first-order valence-electron chi connectivity index (χ1n) is 7.32. The lowest BCUT2D eigenvalue weighted by molar-refractivity contribution is 0.357. The van der Waals surface area contributed by atoms with Crippen LogP contribution in [0.5, 0.6) is 0 Å². The minimum absolute atomic E-state index is 0.319.